The Morgan fingerprint density at radius 2 is 1.62 bits per heavy atom. The van der Waals surface area contributed by atoms with Crippen LogP contribution in [0.3, 0.4) is 0 Å². The van der Waals surface area contributed by atoms with Gasteiger partial charge in [0.15, 0.2) is 14.4 Å². The van der Waals surface area contributed by atoms with Crippen molar-refractivity contribution >= 4 is 26.3 Å². The van der Waals surface area contributed by atoms with Gasteiger partial charge in [0, 0.05) is 57.9 Å². The maximum absolute atomic E-state index is 15.4. The molecule has 0 spiro atoms. The summed E-state index contributed by atoms with van der Waals surface area (Å²) in [5.74, 6) is -2.58. The van der Waals surface area contributed by atoms with E-state index in [-0.39, 0.29) is 42.5 Å². The minimum absolute atomic E-state index is 0.0301. The lowest BCUT2D eigenvalue weighted by molar-refractivity contribution is -0.164. The van der Waals surface area contributed by atoms with E-state index in [9.17, 15) is 18.8 Å². The summed E-state index contributed by atoms with van der Waals surface area (Å²) in [6, 6.07) is 11.7. The Balaban J connectivity index is 1.95. The molecule has 2 amide bonds. The number of rotatable bonds is 13. The molecule has 1 aromatic heterocycles. The summed E-state index contributed by atoms with van der Waals surface area (Å²) in [7, 11) is -0.915. The molecule has 3 aromatic rings. The number of benzene rings is 2. The van der Waals surface area contributed by atoms with Gasteiger partial charge in [0.1, 0.15) is 29.1 Å². The van der Waals surface area contributed by atoms with E-state index in [1.54, 1.807) is 36.8 Å². The number of nitrogens with zero attached hydrogens (tertiary/aromatic N) is 4. The van der Waals surface area contributed by atoms with E-state index in [4.69, 9.17) is 23.6 Å². The number of aromatic nitrogens is 2. The molecule has 11 nitrogen and oxygen atoms in total. The molecule has 1 aliphatic rings. The molecular formula is C42H60F2N4O7Si. The molecule has 1 aliphatic heterocycles. The molecule has 0 saturated carbocycles. The monoisotopic (exact) mass is 798 g/mol. The highest BCUT2D eigenvalue weighted by molar-refractivity contribution is 6.74. The average molecular weight is 799 g/mol. The van der Waals surface area contributed by atoms with Crippen molar-refractivity contribution in [2.45, 2.75) is 123 Å². The van der Waals surface area contributed by atoms with Crippen LogP contribution in [0.5, 0.6) is 0 Å². The van der Waals surface area contributed by atoms with E-state index in [0.29, 0.717) is 5.82 Å². The third kappa shape index (κ3) is 10.8. The molecule has 56 heavy (non-hydrogen) atoms. The number of halogens is 2. The number of ether oxygens (including phenoxy) is 3. The topological polar surface area (TPSA) is 112 Å². The first-order valence-electron chi connectivity index (χ1n) is 19.1. The van der Waals surface area contributed by atoms with Crippen LogP contribution < -0.4 is 0 Å². The SMILES string of the molecule is COC(C)(C)[C@H](c1nc(-c2cc(F)ccc2F)cn1Cc1ccccc1)N(CC1CN(C(=O)OC(C)(C)C)CC1O[Si](C)(C)C(C)(C)C)C(=O)[C@H](C)OC(C)=O. The van der Waals surface area contributed by atoms with Crippen molar-refractivity contribution in [1.82, 2.24) is 19.4 Å². The van der Waals surface area contributed by atoms with Gasteiger partial charge in [-0.2, -0.15) is 0 Å². The summed E-state index contributed by atoms with van der Waals surface area (Å²) in [5, 5.41) is -0.165. The van der Waals surface area contributed by atoms with E-state index in [2.05, 4.69) is 33.9 Å². The van der Waals surface area contributed by atoms with Gasteiger partial charge in [-0.1, -0.05) is 51.1 Å². The number of methoxy groups -OCH3 is 1. The van der Waals surface area contributed by atoms with Crippen LogP contribution in [0.15, 0.2) is 54.7 Å². The van der Waals surface area contributed by atoms with E-state index < -0.39 is 73.3 Å². The minimum Gasteiger partial charge on any atom is -0.453 e. The van der Waals surface area contributed by atoms with Gasteiger partial charge < -0.3 is 33.0 Å². The Bertz CT molecular complexity index is 1860. The third-order valence-electron chi connectivity index (χ3n) is 10.6. The van der Waals surface area contributed by atoms with Crippen molar-refractivity contribution in [3.63, 3.8) is 0 Å². The van der Waals surface area contributed by atoms with Crippen LogP contribution in [-0.4, -0.2) is 95.8 Å². The Morgan fingerprint density at radius 3 is 2.20 bits per heavy atom. The molecule has 1 saturated heterocycles. The lowest BCUT2D eigenvalue weighted by Gasteiger charge is -2.44. The highest BCUT2D eigenvalue weighted by Gasteiger charge is 2.49. The van der Waals surface area contributed by atoms with Crippen LogP contribution in [0.2, 0.25) is 18.1 Å². The number of likely N-dealkylation sites (tertiary alicyclic amines) is 1. The summed E-state index contributed by atoms with van der Waals surface area (Å²) in [4.78, 5) is 48.8. The van der Waals surface area contributed by atoms with Crippen LogP contribution in [0, 0.1) is 17.6 Å². The number of esters is 1. The van der Waals surface area contributed by atoms with E-state index >= 15 is 4.39 Å². The van der Waals surface area contributed by atoms with E-state index in [1.807, 2.05) is 48.7 Å². The highest BCUT2D eigenvalue weighted by atomic mass is 28.4. The lowest BCUT2D eigenvalue weighted by atomic mass is 9.93. The predicted molar refractivity (Wildman–Crippen MR) is 213 cm³/mol. The number of amides is 2. The molecule has 0 bridgehead atoms. The van der Waals surface area contributed by atoms with Crippen molar-refractivity contribution in [2.75, 3.05) is 26.7 Å². The Kier molecular flexibility index (Phi) is 13.6. The second kappa shape index (κ2) is 17.1. The molecule has 2 heterocycles. The zero-order chi connectivity index (χ0) is 42.0. The molecule has 308 valence electrons. The predicted octanol–water partition coefficient (Wildman–Crippen LogP) is 8.38. The maximum Gasteiger partial charge on any atom is 0.410 e. The fraction of sp³-hybridized carbons (Fsp3) is 0.571. The lowest BCUT2D eigenvalue weighted by Crippen LogP contribution is -2.54. The number of hydrogen-bond donors (Lipinski definition) is 0. The van der Waals surface area contributed by atoms with Crippen LogP contribution in [0.4, 0.5) is 13.6 Å². The molecule has 0 N–H and O–H groups in total. The Hall–Kier alpha value is -4.14. The van der Waals surface area contributed by atoms with Gasteiger partial charge in [0.05, 0.1) is 17.4 Å². The number of carbonyl (C=O) groups excluding carboxylic acids is 3. The first-order valence-corrected chi connectivity index (χ1v) is 22.0. The summed E-state index contributed by atoms with van der Waals surface area (Å²) >= 11 is 0. The van der Waals surface area contributed by atoms with Gasteiger partial charge in [-0.15, -0.1) is 0 Å². The van der Waals surface area contributed by atoms with Crippen molar-refractivity contribution in [3.8, 4) is 11.3 Å². The van der Waals surface area contributed by atoms with Crippen LogP contribution in [-0.2, 0) is 34.8 Å². The first-order chi connectivity index (χ1) is 25.8. The summed E-state index contributed by atoms with van der Waals surface area (Å²) in [6.07, 6.45) is -0.567. The molecular weight excluding hydrogens is 739 g/mol. The quantitative estimate of drug-likeness (QED) is 0.125. The standard InChI is InChI=1S/C42H60F2N4O7Si/c1-27(53-28(2)49)38(50)48(24-30-23-47(39(51)54-40(3,4)5)26-35(30)55-56(12,13)41(6,7)8)36(42(9,10)52-11)37-45-34(32-21-31(43)19-20-33(32)44)25-46(37)22-29-17-15-14-16-18-29/h14-21,25,27,30,35-36H,22-24,26H2,1-13H3/t27-,30?,35?,36-/m0/s1. The van der Waals surface area contributed by atoms with Gasteiger partial charge in [-0.3, -0.25) is 9.59 Å². The zero-order valence-corrected chi connectivity index (χ0v) is 36.2. The van der Waals surface area contributed by atoms with Crippen LogP contribution in [0.1, 0.15) is 86.7 Å². The zero-order valence-electron chi connectivity index (χ0n) is 35.2. The fourth-order valence-electron chi connectivity index (χ4n) is 6.61. The maximum atomic E-state index is 15.4. The second-order valence-electron chi connectivity index (χ2n) is 17.7. The summed E-state index contributed by atoms with van der Waals surface area (Å²) in [6.45, 7) is 23.2. The smallest absolute Gasteiger partial charge is 0.410 e. The molecule has 4 rings (SSSR count). The number of imidazole rings is 1. The largest absolute Gasteiger partial charge is 0.453 e. The molecule has 14 heteroatoms. The molecule has 4 atom stereocenters. The Morgan fingerprint density at radius 1 is 0.982 bits per heavy atom. The molecule has 0 radical (unpaired) electrons. The second-order valence-corrected chi connectivity index (χ2v) is 22.5. The van der Waals surface area contributed by atoms with E-state index in [0.717, 1.165) is 23.8 Å². The van der Waals surface area contributed by atoms with Gasteiger partial charge >= 0.3 is 12.1 Å². The van der Waals surface area contributed by atoms with Gasteiger partial charge in [-0.05, 0) is 83.4 Å². The van der Waals surface area contributed by atoms with Crippen LogP contribution >= 0.6 is 0 Å². The van der Waals surface area contributed by atoms with Crippen molar-refractivity contribution < 1.29 is 41.8 Å². The fourth-order valence-corrected chi connectivity index (χ4v) is 7.98. The van der Waals surface area contributed by atoms with Gasteiger partial charge in [0.2, 0.25) is 0 Å². The first kappa shape index (κ1) is 44.6. The summed E-state index contributed by atoms with van der Waals surface area (Å²) < 4.78 is 56.2. The molecule has 0 aliphatic carbocycles. The normalized spacial score (nSPS) is 17.7. The molecule has 1 fully saturated rings. The highest BCUT2D eigenvalue weighted by Crippen LogP contribution is 2.42. The molecule has 2 aromatic carbocycles. The van der Waals surface area contributed by atoms with Gasteiger partial charge in [0.25, 0.3) is 5.91 Å². The number of hydrogen-bond acceptors (Lipinski definition) is 8. The summed E-state index contributed by atoms with van der Waals surface area (Å²) in [5.41, 5.74) is -0.910. The van der Waals surface area contributed by atoms with E-state index in [1.165, 1.54) is 21.0 Å². The number of carbonyl (C=O) groups is 3. The molecule has 2 unspecified atom stereocenters. The van der Waals surface area contributed by atoms with Crippen molar-refractivity contribution in [1.29, 1.82) is 0 Å². The van der Waals surface area contributed by atoms with Gasteiger partial charge in [-0.25, -0.2) is 18.6 Å². The van der Waals surface area contributed by atoms with Crippen LogP contribution in [0.25, 0.3) is 11.3 Å². The van der Waals surface area contributed by atoms with Crippen molar-refractivity contribution in [3.05, 3.63) is 77.8 Å². The minimum atomic E-state index is -2.43. The Labute approximate surface area is 331 Å². The van der Waals surface area contributed by atoms with Crippen molar-refractivity contribution in [2.24, 2.45) is 5.92 Å². The average Bonchev–Trinajstić information content (AvgIpc) is 3.67. The third-order valence-corrected chi connectivity index (χ3v) is 15.1.